The van der Waals surface area contributed by atoms with Gasteiger partial charge in [-0.25, -0.2) is 4.79 Å². The molecule has 0 spiro atoms. The number of nitrogens with two attached hydrogens (primary N) is 1. The van der Waals surface area contributed by atoms with E-state index in [1.165, 1.54) is 0 Å². The van der Waals surface area contributed by atoms with Crippen LogP contribution < -0.4 is 11.1 Å². The maximum absolute atomic E-state index is 11.6. The zero-order valence-electron chi connectivity index (χ0n) is 14.4. The van der Waals surface area contributed by atoms with Crippen LogP contribution >= 0.6 is 0 Å². The summed E-state index contributed by atoms with van der Waals surface area (Å²) in [7, 11) is 1.69. The van der Waals surface area contributed by atoms with Crippen molar-refractivity contribution in [2.24, 2.45) is 5.73 Å². The smallest absolute Gasteiger partial charge is 0.407 e. The molecule has 0 heterocycles. The quantitative estimate of drug-likeness (QED) is 0.676. The van der Waals surface area contributed by atoms with Gasteiger partial charge < -0.3 is 20.5 Å². The van der Waals surface area contributed by atoms with Crippen molar-refractivity contribution in [3.8, 4) is 0 Å². The number of rotatable bonds is 9. The number of carbonyl (C=O) groups is 1. The molecule has 0 rings (SSSR count). The predicted molar refractivity (Wildman–Crippen MR) is 85.4 cm³/mol. The molecule has 0 aliphatic heterocycles. The second-order valence-electron chi connectivity index (χ2n) is 6.43. The predicted octanol–water partition coefficient (Wildman–Crippen LogP) is 1.59. The largest absolute Gasteiger partial charge is 0.444 e. The lowest BCUT2D eigenvalue weighted by Crippen LogP contribution is -2.47. The van der Waals surface area contributed by atoms with E-state index in [-0.39, 0.29) is 12.1 Å². The number of amides is 1. The molecule has 0 radical (unpaired) electrons. The van der Waals surface area contributed by atoms with Crippen LogP contribution in [0.1, 0.15) is 41.0 Å². The Hall–Kier alpha value is -0.850. The Balaban J connectivity index is 4.26. The third-order valence-corrected chi connectivity index (χ3v) is 3.10. The van der Waals surface area contributed by atoms with E-state index >= 15 is 0 Å². The molecule has 0 aromatic carbocycles. The minimum Gasteiger partial charge on any atom is -0.444 e. The zero-order chi connectivity index (χ0) is 16.5. The van der Waals surface area contributed by atoms with Gasteiger partial charge in [-0.2, -0.15) is 0 Å². The maximum atomic E-state index is 11.6. The average Bonchev–Trinajstić information content (AvgIpc) is 2.34. The van der Waals surface area contributed by atoms with E-state index < -0.39 is 5.60 Å². The number of nitrogens with zero attached hydrogens (tertiary/aromatic N) is 1. The van der Waals surface area contributed by atoms with Crippen molar-refractivity contribution in [2.45, 2.75) is 58.7 Å². The van der Waals surface area contributed by atoms with Crippen LogP contribution in [0.2, 0.25) is 0 Å². The normalized spacial score (nSPS) is 13.6. The number of methoxy groups -OCH3 is 1. The fourth-order valence-corrected chi connectivity index (χ4v) is 2.13. The van der Waals surface area contributed by atoms with Crippen LogP contribution in [0.25, 0.3) is 0 Å². The topological polar surface area (TPSA) is 76.8 Å². The number of nitrogens with one attached hydrogen (secondary N) is 1. The lowest BCUT2D eigenvalue weighted by molar-refractivity contribution is 0.0515. The molecular weight excluding hydrogens is 270 g/mol. The summed E-state index contributed by atoms with van der Waals surface area (Å²) in [6, 6.07) is 0.602. The van der Waals surface area contributed by atoms with Gasteiger partial charge in [-0.3, -0.25) is 4.90 Å². The van der Waals surface area contributed by atoms with Gasteiger partial charge in [0.1, 0.15) is 5.60 Å². The summed E-state index contributed by atoms with van der Waals surface area (Å²) in [6.07, 6.45) is 0.406. The summed E-state index contributed by atoms with van der Waals surface area (Å²) in [6.45, 7) is 12.4. The summed E-state index contributed by atoms with van der Waals surface area (Å²) >= 11 is 0. The molecule has 0 bridgehead atoms. The zero-order valence-corrected chi connectivity index (χ0v) is 14.4. The standard InChI is InChI=1S/C15H33N3O3/c1-12(2)18(9-10-20-6)13(11-16)7-8-17-14(19)21-15(3,4)5/h12-13H,7-11,16H2,1-6H3,(H,17,19). The fraction of sp³-hybridized carbons (Fsp3) is 0.933. The van der Waals surface area contributed by atoms with Crippen molar-refractivity contribution in [2.75, 3.05) is 33.4 Å². The minimum atomic E-state index is -0.472. The first-order valence-electron chi connectivity index (χ1n) is 7.62. The van der Waals surface area contributed by atoms with Crippen LogP contribution in [0.15, 0.2) is 0 Å². The van der Waals surface area contributed by atoms with Gasteiger partial charge in [-0.15, -0.1) is 0 Å². The molecule has 6 heteroatoms. The highest BCUT2D eigenvalue weighted by atomic mass is 16.6. The molecule has 0 saturated carbocycles. The van der Waals surface area contributed by atoms with Gasteiger partial charge in [0.05, 0.1) is 6.61 Å². The Kier molecular flexibility index (Phi) is 9.57. The molecule has 3 N–H and O–H groups in total. The summed E-state index contributed by atoms with van der Waals surface area (Å²) in [5.74, 6) is 0. The third kappa shape index (κ3) is 9.66. The van der Waals surface area contributed by atoms with Gasteiger partial charge in [-0.05, 0) is 41.0 Å². The molecular formula is C15H33N3O3. The van der Waals surface area contributed by atoms with E-state index in [1.54, 1.807) is 7.11 Å². The Morgan fingerprint density at radius 3 is 2.38 bits per heavy atom. The number of ether oxygens (including phenoxy) is 2. The van der Waals surface area contributed by atoms with E-state index in [4.69, 9.17) is 15.2 Å². The van der Waals surface area contributed by atoms with Gasteiger partial charge in [0.2, 0.25) is 0 Å². The highest BCUT2D eigenvalue weighted by Crippen LogP contribution is 2.09. The number of carbonyl (C=O) groups excluding carboxylic acids is 1. The highest BCUT2D eigenvalue weighted by Gasteiger charge is 2.20. The molecule has 6 nitrogen and oxygen atoms in total. The molecule has 0 aliphatic carbocycles. The van der Waals surface area contributed by atoms with Crippen molar-refractivity contribution < 1.29 is 14.3 Å². The Morgan fingerprint density at radius 2 is 1.95 bits per heavy atom. The van der Waals surface area contributed by atoms with Gasteiger partial charge in [-0.1, -0.05) is 0 Å². The van der Waals surface area contributed by atoms with Crippen LogP contribution in [-0.4, -0.2) is 62.0 Å². The van der Waals surface area contributed by atoms with Crippen molar-refractivity contribution >= 4 is 6.09 Å². The van der Waals surface area contributed by atoms with E-state index in [0.717, 1.165) is 13.0 Å². The second-order valence-corrected chi connectivity index (χ2v) is 6.43. The summed E-state index contributed by atoms with van der Waals surface area (Å²) in [5.41, 5.74) is 5.40. The van der Waals surface area contributed by atoms with E-state index in [2.05, 4.69) is 24.1 Å². The maximum Gasteiger partial charge on any atom is 0.407 e. The third-order valence-electron chi connectivity index (χ3n) is 3.10. The molecule has 0 aliphatic rings. The molecule has 1 amide bonds. The van der Waals surface area contributed by atoms with Crippen LogP contribution in [-0.2, 0) is 9.47 Å². The van der Waals surface area contributed by atoms with Crippen molar-refractivity contribution in [3.05, 3.63) is 0 Å². The van der Waals surface area contributed by atoms with Crippen LogP contribution in [0, 0.1) is 0 Å². The second kappa shape index (κ2) is 9.97. The summed E-state index contributed by atoms with van der Waals surface area (Å²) in [5, 5.41) is 2.78. The summed E-state index contributed by atoms with van der Waals surface area (Å²) in [4.78, 5) is 13.9. The molecule has 21 heavy (non-hydrogen) atoms. The number of hydrogen-bond donors (Lipinski definition) is 2. The number of hydrogen-bond acceptors (Lipinski definition) is 5. The first kappa shape index (κ1) is 20.1. The van der Waals surface area contributed by atoms with Crippen molar-refractivity contribution in [1.29, 1.82) is 0 Å². The fourth-order valence-electron chi connectivity index (χ4n) is 2.13. The van der Waals surface area contributed by atoms with E-state index in [9.17, 15) is 4.79 Å². The molecule has 0 aromatic heterocycles. The molecule has 0 fully saturated rings. The molecule has 1 atom stereocenters. The Labute approximate surface area is 129 Å². The molecule has 0 aromatic rings. The molecule has 0 saturated heterocycles. The van der Waals surface area contributed by atoms with Crippen molar-refractivity contribution in [1.82, 2.24) is 10.2 Å². The minimum absolute atomic E-state index is 0.218. The lowest BCUT2D eigenvalue weighted by Gasteiger charge is -2.34. The van der Waals surface area contributed by atoms with E-state index in [1.807, 2.05) is 20.8 Å². The number of alkyl carbamates (subject to hydrolysis) is 1. The average molecular weight is 303 g/mol. The van der Waals surface area contributed by atoms with Crippen LogP contribution in [0.3, 0.4) is 0 Å². The Bertz CT molecular complexity index is 290. The lowest BCUT2D eigenvalue weighted by atomic mass is 10.1. The summed E-state index contributed by atoms with van der Waals surface area (Å²) < 4.78 is 10.4. The van der Waals surface area contributed by atoms with E-state index in [0.29, 0.717) is 25.7 Å². The van der Waals surface area contributed by atoms with Crippen LogP contribution in [0.4, 0.5) is 4.79 Å². The highest BCUT2D eigenvalue weighted by molar-refractivity contribution is 5.67. The van der Waals surface area contributed by atoms with Gasteiger partial charge >= 0.3 is 6.09 Å². The van der Waals surface area contributed by atoms with Gasteiger partial charge in [0.15, 0.2) is 0 Å². The Morgan fingerprint density at radius 1 is 1.33 bits per heavy atom. The first-order chi connectivity index (χ1) is 9.71. The van der Waals surface area contributed by atoms with Gasteiger partial charge in [0.25, 0.3) is 0 Å². The first-order valence-corrected chi connectivity index (χ1v) is 7.62. The SMILES string of the molecule is COCCN(C(C)C)C(CN)CCNC(=O)OC(C)(C)C. The monoisotopic (exact) mass is 303 g/mol. The van der Waals surface area contributed by atoms with Crippen LogP contribution in [0.5, 0.6) is 0 Å². The van der Waals surface area contributed by atoms with Gasteiger partial charge in [0, 0.05) is 38.8 Å². The van der Waals surface area contributed by atoms with Crippen molar-refractivity contribution in [3.63, 3.8) is 0 Å². The molecule has 1 unspecified atom stereocenters. The molecule has 126 valence electrons.